The van der Waals surface area contributed by atoms with Gasteiger partial charge in [0, 0.05) is 42.8 Å². The summed E-state index contributed by atoms with van der Waals surface area (Å²) in [6.07, 6.45) is 0.849. The molecule has 0 atom stereocenters. The molecule has 2 aromatic rings. The van der Waals surface area contributed by atoms with Crippen LogP contribution < -0.4 is 0 Å². The zero-order chi connectivity index (χ0) is 17.8. The van der Waals surface area contributed by atoms with E-state index < -0.39 is 5.82 Å². The van der Waals surface area contributed by atoms with Crippen LogP contribution in [0.5, 0.6) is 0 Å². The van der Waals surface area contributed by atoms with E-state index in [0.717, 1.165) is 31.1 Å². The molecule has 25 heavy (non-hydrogen) atoms. The summed E-state index contributed by atoms with van der Waals surface area (Å²) < 4.78 is 13.9. The van der Waals surface area contributed by atoms with E-state index in [0.29, 0.717) is 18.1 Å². The van der Waals surface area contributed by atoms with Gasteiger partial charge in [0.05, 0.1) is 5.56 Å². The number of hydrogen-bond acceptors (Lipinski definition) is 2. The van der Waals surface area contributed by atoms with E-state index in [2.05, 4.69) is 4.90 Å². The Bertz CT molecular complexity index is 752. The van der Waals surface area contributed by atoms with Crippen molar-refractivity contribution < 1.29 is 9.18 Å². The van der Waals surface area contributed by atoms with Gasteiger partial charge in [-0.05, 0) is 42.3 Å². The second-order valence-electron chi connectivity index (χ2n) is 6.17. The van der Waals surface area contributed by atoms with Crippen molar-refractivity contribution >= 4 is 29.1 Å². The third-order valence-electron chi connectivity index (χ3n) is 4.35. The number of benzene rings is 2. The summed E-state index contributed by atoms with van der Waals surface area (Å²) in [6, 6.07) is 11.9. The predicted molar refractivity (Wildman–Crippen MR) is 98.7 cm³/mol. The lowest BCUT2D eigenvalue weighted by molar-refractivity contribution is 0.0756. The van der Waals surface area contributed by atoms with Crippen molar-refractivity contribution in [2.45, 2.75) is 13.0 Å². The predicted octanol–water partition coefficient (Wildman–Crippen LogP) is 4.48. The molecule has 1 amide bonds. The first-order valence-corrected chi connectivity index (χ1v) is 8.99. The summed E-state index contributed by atoms with van der Waals surface area (Å²) in [5, 5.41) is 1.09. The van der Waals surface area contributed by atoms with Crippen LogP contribution in [0, 0.1) is 5.82 Å². The molecule has 1 aliphatic heterocycles. The molecule has 6 heteroatoms. The molecule has 132 valence electrons. The summed E-state index contributed by atoms with van der Waals surface area (Å²) in [5.41, 5.74) is 1.23. The topological polar surface area (TPSA) is 23.6 Å². The van der Waals surface area contributed by atoms with E-state index in [1.54, 1.807) is 4.90 Å². The van der Waals surface area contributed by atoms with Crippen molar-refractivity contribution in [2.24, 2.45) is 0 Å². The van der Waals surface area contributed by atoms with Crippen LogP contribution in [-0.4, -0.2) is 41.9 Å². The third kappa shape index (κ3) is 4.72. The van der Waals surface area contributed by atoms with Gasteiger partial charge in [0.25, 0.3) is 5.91 Å². The zero-order valence-electron chi connectivity index (χ0n) is 13.7. The van der Waals surface area contributed by atoms with Crippen LogP contribution in [0.2, 0.25) is 10.0 Å². The Labute approximate surface area is 156 Å². The van der Waals surface area contributed by atoms with Gasteiger partial charge < -0.3 is 4.90 Å². The molecule has 0 aliphatic carbocycles. The average molecular weight is 381 g/mol. The lowest BCUT2D eigenvalue weighted by Crippen LogP contribution is -2.35. The van der Waals surface area contributed by atoms with Gasteiger partial charge in [-0.15, -0.1) is 0 Å². The fraction of sp³-hybridized carbons (Fsp3) is 0.316. The van der Waals surface area contributed by atoms with E-state index in [-0.39, 0.29) is 11.5 Å². The Morgan fingerprint density at radius 3 is 2.44 bits per heavy atom. The SMILES string of the molecule is O=C(c1cc(Cl)ccc1F)N1CCCN(Cc2ccc(Cl)cc2)CC1. The molecule has 2 aromatic carbocycles. The summed E-state index contributed by atoms with van der Waals surface area (Å²) >= 11 is 11.8. The van der Waals surface area contributed by atoms with Crippen molar-refractivity contribution in [1.29, 1.82) is 0 Å². The van der Waals surface area contributed by atoms with Gasteiger partial charge in [-0.25, -0.2) is 4.39 Å². The largest absolute Gasteiger partial charge is 0.337 e. The number of rotatable bonds is 3. The highest BCUT2D eigenvalue weighted by molar-refractivity contribution is 6.31. The minimum atomic E-state index is -0.531. The Morgan fingerprint density at radius 2 is 1.68 bits per heavy atom. The third-order valence-corrected chi connectivity index (χ3v) is 4.84. The van der Waals surface area contributed by atoms with Crippen LogP contribution >= 0.6 is 23.2 Å². The standard InChI is InChI=1S/C19H19Cl2FN2O/c20-15-4-2-14(3-5-15)13-23-8-1-9-24(11-10-23)19(25)17-12-16(21)6-7-18(17)22/h2-7,12H,1,8-11,13H2. The molecule has 1 saturated heterocycles. The molecule has 1 aliphatic rings. The Kier molecular flexibility index (Phi) is 5.94. The van der Waals surface area contributed by atoms with E-state index in [9.17, 15) is 9.18 Å². The first-order valence-electron chi connectivity index (χ1n) is 8.24. The van der Waals surface area contributed by atoms with Gasteiger partial charge in [-0.1, -0.05) is 35.3 Å². The van der Waals surface area contributed by atoms with Crippen LogP contribution in [0.3, 0.4) is 0 Å². The molecule has 3 rings (SSSR count). The van der Waals surface area contributed by atoms with E-state index in [1.165, 1.54) is 23.8 Å². The highest BCUT2D eigenvalue weighted by atomic mass is 35.5. The minimum Gasteiger partial charge on any atom is -0.337 e. The van der Waals surface area contributed by atoms with Gasteiger partial charge in [0.2, 0.25) is 0 Å². The summed E-state index contributed by atoms with van der Waals surface area (Å²) in [4.78, 5) is 16.6. The normalized spacial score (nSPS) is 15.9. The second kappa shape index (κ2) is 8.17. The average Bonchev–Trinajstić information content (AvgIpc) is 2.84. The van der Waals surface area contributed by atoms with E-state index in [4.69, 9.17) is 23.2 Å². The summed E-state index contributed by atoms with van der Waals surface area (Å²) in [7, 11) is 0. The van der Waals surface area contributed by atoms with Crippen LogP contribution in [0.25, 0.3) is 0 Å². The smallest absolute Gasteiger partial charge is 0.256 e. The van der Waals surface area contributed by atoms with Gasteiger partial charge in [-0.2, -0.15) is 0 Å². The molecule has 1 heterocycles. The van der Waals surface area contributed by atoms with E-state index in [1.807, 2.05) is 24.3 Å². The monoisotopic (exact) mass is 380 g/mol. The number of nitrogens with zero attached hydrogens (tertiary/aromatic N) is 2. The number of amides is 1. The molecule has 0 saturated carbocycles. The minimum absolute atomic E-state index is 0.0404. The van der Waals surface area contributed by atoms with Gasteiger partial charge in [-0.3, -0.25) is 9.69 Å². The lowest BCUT2D eigenvalue weighted by atomic mass is 10.2. The van der Waals surface area contributed by atoms with Crippen LogP contribution in [0.15, 0.2) is 42.5 Å². The Balaban J connectivity index is 1.64. The van der Waals surface area contributed by atoms with Crippen molar-refractivity contribution in [3.63, 3.8) is 0 Å². The lowest BCUT2D eigenvalue weighted by Gasteiger charge is -2.22. The number of carbonyl (C=O) groups excluding carboxylic acids is 1. The van der Waals surface area contributed by atoms with Crippen molar-refractivity contribution in [1.82, 2.24) is 9.80 Å². The summed E-state index contributed by atoms with van der Waals surface area (Å²) in [5.74, 6) is -0.829. The molecule has 0 spiro atoms. The van der Waals surface area contributed by atoms with Crippen LogP contribution in [0.4, 0.5) is 4.39 Å². The molecule has 3 nitrogen and oxygen atoms in total. The summed E-state index contributed by atoms with van der Waals surface area (Å²) in [6.45, 7) is 3.63. The highest BCUT2D eigenvalue weighted by Gasteiger charge is 2.22. The van der Waals surface area contributed by atoms with Crippen molar-refractivity contribution in [3.8, 4) is 0 Å². The maximum atomic E-state index is 13.9. The molecular formula is C19H19Cl2FN2O. The molecule has 0 radical (unpaired) electrons. The van der Waals surface area contributed by atoms with E-state index >= 15 is 0 Å². The van der Waals surface area contributed by atoms with Crippen LogP contribution in [0.1, 0.15) is 22.3 Å². The fourth-order valence-electron chi connectivity index (χ4n) is 3.01. The highest BCUT2D eigenvalue weighted by Crippen LogP contribution is 2.18. The molecule has 1 fully saturated rings. The first-order chi connectivity index (χ1) is 12.0. The maximum Gasteiger partial charge on any atom is 0.256 e. The first kappa shape index (κ1) is 18.2. The molecular weight excluding hydrogens is 362 g/mol. The zero-order valence-corrected chi connectivity index (χ0v) is 15.2. The Morgan fingerprint density at radius 1 is 0.960 bits per heavy atom. The molecule has 0 unspecified atom stereocenters. The van der Waals surface area contributed by atoms with Crippen LogP contribution in [-0.2, 0) is 6.54 Å². The van der Waals surface area contributed by atoms with Crippen molar-refractivity contribution in [3.05, 3.63) is 69.5 Å². The molecule has 0 N–H and O–H groups in total. The Hall–Kier alpha value is -1.62. The van der Waals surface area contributed by atoms with Gasteiger partial charge >= 0.3 is 0 Å². The quantitative estimate of drug-likeness (QED) is 0.783. The number of hydrogen-bond donors (Lipinski definition) is 0. The molecule has 0 aromatic heterocycles. The fourth-order valence-corrected chi connectivity index (χ4v) is 3.31. The number of carbonyl (C=O) groups is 1. The second-order valence-corrected chi connectivity index (χ2v) is 7.05. The van der Waals surface area contributed by atoms with Gasteiger partial charge in [0.1, 0.15) is 5.82 Å². The van der Waals surface area contributed by atoms with Crippen molar-refractivity contribution in [2.75, 3.05) is 26.2 Å². The molecule has 0 bridgehead atoms. The van der Waals surface area contributed by atoms with Gasteiger partial charge in [0.15, 0.2) is 0 Å². The number of halogens is 3. The maximum absolute atomic E-state index is 13.9.